The molecule has 0 saturated carbocycles. The largest absolute Gasteiger partial charge is 0.489 e. The number of hydrazone groups is 1. The van der Waals surface area contributed by atoms with Crippen LogP contribution in [-0.4, -0.2) is 17.1 Å². The Hall–Kier alpha value is -2.70. The van der Waals surface area contributed by atoms with Crippen molar-refractivity contribution in [3.05, 3.63) is 80.3 Å². The summed E-state index contributed by atoms with van der Waals surface area (Å²) in [6, 6.07) is 15.0. The zero-order chi connectivity index (χ0) is 19.2. The first-order valence-electron chi connectivity index (χ1n) is 8.26. The summed E-state index contributed by atoms with van der Waals surface area (Å²) < 4.78 is 5.74. The third-order valence-electron chi connectivity index (χ3n) is 3.72. The second-order valence-electron chi connectivity index (χ2n) is 5.80. The van der Waals surface area contributed by atoms with Gasteiger partial charge in [-0.25, -0.2) is 10.4 Å². The molecule has 5 nitrogen and oxygen atoms in total. The molecule has 0 radical (unpaired) electrons. The van der Waals surface area contributed by atoms with Crippen molar-refractivity contribution < 1.29 is 9.53 Å². The van der Waals surface area contributed by atoms with Gasteiger partial charge in [0.05, 0.1) is 16.9 Å². The summed E-state index contributed by atoms with van der Waals surface area (Å²) in [6.07, 6.45) is 1.58. The molecule has 1 heterocycles. The third-order valence-corrected chi connectivity index (χ3v) is 5.16. The van der Waals surface area contributed by atoms with Crippen molar-refractivity contribution in [3.8, 4) is 5.75 Å². The molecule has 1 N–H and O–H groups in total. The quantitative estimate of drug-likeness (QED) is 0.480. The number of hydrogen-bond acceptors (Lipinski definition) is 5. The van der Waals surface area contributed by atoms with Gasteiger partial charge >= 0.3 is 0 Å². The maximum atomic E-state index is 12.1. The molecule has 0 unspecified atom stereocenters. The number of aryl methyl sites for hydroxylation is 2. The van der Waals surface area contributed by atoms with Gasteiger partial charge in [-0.3, -0.25) is 4.79 Å². The highest BCUT2D eigenvalue weighted by atomic mass is 35.5. The standard InChI is InChI=1S/C20H18ClN3O2S/c1-13-19(27-14(2)23-13)20(25)24-22-11-15-7-9-17(10-8-15)26-12-16-5-3-4-6-18(16)21/h3-11H,12H2,1-2H3,(H,24,25)/b22-11+. The summed E-state index contributed by atoms with van der Waals surface area (Å²) in [5, 5.41) is 5.54. The van der Waals surface area contributed by atoms with E-state index in [1.54, 1.807) is 6.21 Å². The minimum absolute atomic E-state index is 0.256. The lowest BCUT2D eigenvalue weighted by Crippen LogP contribution is -2.17. The number of carbonyl (C=O) groups is 1. The van der Waals surface area contributed by atoms with Gasteiger partial charge in [-0.2, -0.15) is 5.10 Å². The SMILES string of the molecule is Cc1nc(C)c(C(=O)N/N=C/c2ccc(OCc3ccccc3Cl)cc2)s1. The molecule has 0 aliphatic rings. The van der Waals surface area contributed by atoms with Crippen LogP contribution < -0.4 is 10.2 Å². The molecule has 0 bridgehead atoms. The molecule has 1 aromatic heterocycles. The van der Waals surface area contributed by atoms with E-state index >= 15 is 0 Å². The van der Waals surface area contributed by atoms with Crippen molar-refractivity contribution in [2.24, 2.45) is 5.10 Å². The zero-order valence-corrected chi connectivity index (χ0v) is 16.5. The van der Waals surface area contributed by atoms with Crippen molar-refractivity contribution >= 4 is 35.1 Å². The average molecular weight is 400 g/mol. The summed E-state index contributed by atoms with van der Waals surface area (Å²) in [6.45, 7) is 4.08. The molecule has 0 aliphatic heterocycles. The van der Waals surface area contributed by atoms with E-state index in [0.29, 0.717) is 22.2 Å². The highest BCUT2D eigenvalue weighted by Crippen LogP contribution is 2.19. The fraction of sp³-hybridized carbons (Fsp3) is 0.150. The van der Waals surface area contributed by atoms with Crippen molar-refractivity contribution in [1.29, 1.82) is 0 Å². The number of rotatable bonds is 6. The Bertz CT molecular complexity index is 968. The monoisotopic (exact) mass is 399 g/mol. The maximum absolute atomic E-state index is 12.1. The van der Waals surface area contributed by atoms with Gasteiger partial charge in [0.2, 0.25) is 0 Å². The minimum Gasteiger partial charge on any atom is -0.489 e. The Kier molecular flexibility index (Phi) is 6.21. The number of halogens is 1. The molecule has 0 fully saturated rings. The lowest BCUT2D eigenvalue weighted by atomic mass is 10.2. The molecule has 2 aromatic carbocycles. The van der Waals surface area contributed by atoms with Crippen LogP contribution in [0, 0.1) is 13.8 Å². The van der Waals surface area contributed by atoms with E-state index in [9.17, 15) is 4.79 Å². The van der Waals surface area contributed by atoms with Crippen LogP contribution >= 0.6 is 22.9 Å². The Morgan fingerprint density at radius 3 is 2.63 bits per heavy atom. The number of thiazole rings is 1. The van der Waals surface area contributed by atoms with Crippen molar-refractivity contribution in [1.82, 2.24) is 10.4 Å². The van der Waals surface area contributed by atoms with Gasteiger partial charge < -0.3 is 4.74 Å². The predicted molar refractivity (Wildman–Crippen MR) is 109 cm³/mol. The van der Waals surface area contributed by atoms with Crippen LogP contribution in [0.25, 0.3) is 0 Å². The van der Waals surface area contributed by atoms with Crippen molar-refractivity contribution in [2.75, 3.05) is 0 Å². The number of hydrogen-bond donors (Lipinski definition) is 1. The van der Waals surface area contributed by atoms with Gasteiger partial charge in [0.15, 0.2) is 0 Å². The van der Waals surface area contributed by atoms with Gasteiger partial charge in [0, 0.05) is 10.6 Å². The van der Waals surface area contributed by atoms with E-state index in [1.807, 2.05) is 62.4 Å². The van der Waals surface area contributed by atoms with Gasteiger partial charge in [0.1, 0.15) is 17.2 Å². The van der Waals surface area contributed by atoms with E-state index in [-0.39, 0.29) is 5.91 Å². The lowest BCUT2D eigenvalue weighted by molar-refractivity contribution is 0.0958. The van der Waals surface area contributed by atoms with E-state index in [0.717, 1.165) is 21.9 Å². The number of aromatic nitrogens is 1. The molecule has 1 amide bonds. The lowest BCUT2D eigenvalue weighted by Gasteiger charge is -2.07. The topological polar surface area (TPSA) is 63.6 Å². The van der Waals surface area contributed by atoms with Crippen molar-refractivity contribution in [2.45, 2.75) is 20.5 Å². The van der Waals surface area contributed by atoms with Crippen LogP contribution in [0.15, 0.2) is 53.6 Å². The van der Waals surface area contributed by atoms with Crippen LogP contribution in [-0.2, 0) is 6.61 Å². The molecule has 7 heteroatoms. The highest BCUT2D eigenvalue weighted by Gasteiger charge is 2.12. The van der Waals surface area contributed by atoms with E-state index in [4.69, 9.17) is 16.3 Å². The van der Waals surface area contributed by atoms with Crippen LogP contribution in [0.3, 0.4) is 0 Å². The Morgan fingerprint density at radius 1 is 1.22 bits per heavy atom. The first kappa shape index (κ1) is 19.1. The summed E-state index contributed by atoms with van der Waals surface area (Å²) in [7, 11) is 0. The smallest absolute Gasteiger partial charge is 0.283 e. The predicted octanol–water partition coefficient (Wildman–Crippen LogP) is 4.76. The minimum atomic E-state index is -0.256. The molecule has 0 spiro atoms. The summed E-state index contributed by atoms with van der Waals surface area (Å²) in [4.78, 5) is 16.9. The maximum Gasteiger partial charge on any atom is 0.283 e. The molecular weight excluding hydrogens is 382 g/mol. The van der Waals surface area contributed by atoms with Gasteiger partial charge in [-0.05, 0) is 49.7 Å². The van der Waals surface area contributed by atoms with Gasteiger partial charge in [-0.15, -0.1) is 11.3 Å². The highest BCUT2D eigenvalue weighted by molar-refractivity contribution is 7.13. The normalized spacial score (nSPS) is 10.9. The Balaban J connectivity index is 1.54. The van der Waals surface area contributed by atoms with Crippen LogP contribution in [0.4, 0.5) is 0 Å². The third kappa shape index (κ3) is 5.15. The number of nitrogens with zero attached hydrogens (tertiary/aromatic N) is 2. The van der Waals surface area contributed by atoms with Crippen LogP contribution in [0.2, 0.25) is 5.02 Å². The number of benzene rings is 2. The average Bonchev–Trinajstić information content (AvgIpc) is 3.00. The second kappa shape index (κ2) is 8.79. The van der Waals surface area contributed by atoms with Crippen LogP contribution in [0.1, 0.15) is 31.5 Å². The van der Waals surface area contributed by atoms with E-state index in [1.165, 1.54) is 11.3 Å². The molecule has 0 saturated heterocycles. The number of nitrogens with one attached hydrogen (secondary N) is 1. The van der Waals surface area contributed by atoms with Gasteiger partial charge in [-0.1, -0.05) is 29.8 Å². The summed E-state index contributed by atoms with van der Waals surface area (Å²) >= 11 is 7.47. The molecule has 138 valence electrons. The van der Waals surface area contributed by atoms with Crippen LogP contribution in [0.5, 0.6) is 5.75 Å². The first-order valence-corrected chi connectivity index (χ1v) is 9.46. The fourth-order valence-corrected chi connectivity index (χ4v) is 3.38. The second-order valence-corrected chi connectivity index (χ2v) is 7.41. The van der Waals surface area contributed by atoms with E-state index in [2.05, 4.69) is 15.5 Å². The molecule has 0 aliphatic carbocycles. The summed E-state index contributed by atoms with van der Waals surface area (Å²) in [5.74, 6) is 0.473. The number of ether oxygens (including phenoxy) is 1. The molecular formula is C20H18ClN3O2S. The van der Waals surface area contributed by atoms with E-state index < -0.39 is 0 Å². The molecule has 3 rings (SSSR count). The number of carbonyl (C=O) groups excluding carboxylic acids is 1. The fourth-order valence-electron chi connectivity index (χ4n) is 2.38. The molecule has 3 aromatic rings. The van der Waals surface area contributed by atoms with Crippen molar-refractivity contribution in [3.63, 3.8) is 0 Å². The Labute approximate surface area is 166 Å². The molecule has 27 heavy (non-hydrogen) atoms. The van der Waals surface area contributed by atoms with Gasteiger partial charge in [0.25, 0.3) is 5.91 Å². The zero-order valence-electron chi connectivity index (χ0n) is 14.9. The number of amides is 1. The first-order chi connectivity index (χ1) is 13.0. The molecule has 0 atom stereocenters. The Morgan fingerprint density at radius 2 is 1.96 bits per heavy atom. The summed E-state index contributed by atoms with van der Waals surface area (Å²) in [5.41, 5.74) is 5.01.